The fourth-order valence-electron chi connectivity index (χ4n) is 7.63. The quantitative estimate of drug-likeness (QED) is 0.0860. The molecule has 308 valence electrons. The van der Waals surface area contributed by atoms with Crippen molar-refractivity contribution in [3.05, 3.63) is 0 Å². The summed E-state index contributed by atoms with van der Waals surface area (Å²) in [7, 11) is 5.24. The molecule has 3 N–H and O–H groups in total. The van der Waals surface area contributed by atoms with Crippen LogP contribution in [-0.4, -0.2) is 145 Å². The summed E-state index contributed by atoms with van der Waals surface area (Å²) >= 11 is 0. The van der Waals surface area contributed by atoms with Crippen molar-refractivity contribution in [2.24, 2.45) is 28.8 Å². The van der Waals surface area contributed by atoms with Crippen LogP contribution in [0.1, 0.15) is 88.5 Å². The molecule has 0 aliphatic carbocycles. The molecule has 0 radical (unpaired) electrons. The molecule has 2 heterocycles. The molecule has 2 aliphatic rings. The lowest BCUT2D eigenvalue weighted by Crippen LogP contribution is -2.61. The van der Waals surface area contributed by atoms with E-state index in [1.165, 1.54) is 41.7 Å². The Morgan fingerprint density at radius 3 is 2.13 bits per heavy atom. The summed E-state index contributed by atoms with van der Waals surface area (Å²) in [6.45, 7) is 15.9. The number of carbonyl (C=O) groups excluding carboxylic acids is 3. The summed E-state index contributed by atoms with van der Waals surface area (Å²) in [6.07, 6.45) is -6.97. The molecular weight excluding hydrogens is 696 g/mol. The van der Waals surface area contributed by atoms with Gasteiger partial charge in [-0.05, 0) is 61.1 Å². The maximum atomic E-state index is 13.9. The van der Waals surface area contributed by atoms with Crippen LogP contribution in [0.25, 0.3) is 0 Å². The van der Waals surface area contributed by atoms with Crippen molar-refractivity contribution in [3.63, 3.8) is 0 Å². The first-order valence-corrected chi connectivity index (χ1v) is 18.5. The second-order valence-electron chi connectivity index (χ2n) is 15.4. The monoisotopic (exact) mass is 762 g/mol. The average molecular weight is 763 g/mol. The first-order valence-electron chi connectivity index (χ1n) is 18.5. The van der Waals surface area contributed by atoms with Crippen LogP contribution in [0.3, 0.4) is 0 Å². The number of aliphatic hydroxyl groups is 3. The highest BCUT2D eigenvalue weighted by Gasteiger charge is 2.52. The van der Waals surface area contributed by atoms with E-state index in [0.717, 1.165) is 0 Å². The molecule has 14 atom stereocenters. The van der Waals surface area contributed by atoms with Gasteiger partial charge in [-0.15, -0.1) is 0 Å². The largest absolute Gasteiger partial charge is 0.461 e. The molecule has 0 unspecified atom stereocenters. The van der Waals surface area contributed by atoms with Crippen LogP contribution in [0.15, 0.2) is 5.16 Å². The minimum absolute atomic E-state index is 0.0611. The Bertz CT molecular complexity index is 1210. The fourth-order valence-corrected chi connectivity index (χ4v) is 7.63. The molecular formula is C37H66N2O14. The van der Waals surface area contributed by atoms with Crippen LogP contribution in [0.4, 0.5) is 0 Å². The number of ether oxygens (including phenoxy) is 7. The number of aliphatic hydroxyl groups excluding tert-OH is 1. The fraction of sp³-hybridized carbons (Fsp3) is 0.892. The normalized spacial score (nSPS) is 39.9. The van der Waals surface area contributed by atoms with Gasteiger partial charge in [-0.1, -0.05) is 32.9 Å². The standard InChI is InChI=1S/C37H66N2O14/c1-14-28-37(10,45)32(42)22(4)29(38-48-19-47-16-15-46-13)20(2)18-36(9,44)33(23(5)30(50-25(7)40)24(6)34(43)52-28)53-35-31(51-26(8)41)27(39(11)12)17-21(3)49-35/h20-24,27-28,30-33,35,42,44-45H,14-19H2,1-13H3/b38-29+/t20-,21-,22+,23+,24-,27+,28-,30+,31-,32-,33-,35+,36-,37-/m1/s1. The topological polar surface area (TPSA) is 201 Å². The van der Waals surface area contributed by atoms with Crippen molar-refractivity contribution >= 4 is 23.6 Å². The lowest BCUT2D eigenvalue weighted by molar-refractivity contribution is -0.301. The SMILES string of the molecule is CC[C@H]1OC(=O)[C@H](C)[C@@H](OC(C)=O)[C@H](C)[C@@H](O[C@@H]2O[C@H](C)C[C@H](N(C)C)[C@H]2OC(C)=O)[C@](C)(O)C[C@@H](C)/C(=N\OCOCCOC)[C@H](C)[C@@H](O)[C@]1(C)O. The minimum atomic E-state index is -1.97. The molecule has 2 fully saturated rings. The number of methoxy groups -OCH3 is 1. The predicted octanol–water partition coefficient (Wildman–Crippen LogP) is 2.43. The Morgan fingerprint density at radius 1 is 0.981 bits per heavy atom. The molecule has 2 saturated heterocycles. The third-order valence-electron chi connectivity index (χ3n) is 10.4. The predicted molar refractivity (Wildman–Crippen MR) is 192 cm³/mol. The van der Waals surface area contributed by atoms with Gasteiger partial charge < -0.3 is 58.2 Å². The number of hydrogen-bond donors (Lipinski definition) is 3. The lowest BCUT2D eigenvalue weighted by Gasteiger charge is -2.48. The van der Waals surface area contributed by atoms with Gasteiger partial charge in [0.2, 0.25) is 6.79 Å². The highest BCUT2D eigenvalue weighted by Crippen LogP contribution is 2.39. The third-order valence-corrected chi connectivity index (χ3v) is 10.4. The molecule has 0 aromatic rings. The van der Waals surface area contributed by atoms with E-state index in [4.69, 9.17) is 38.0 Å². The summed E-state index contributed by atoms with van der Waals surface area (Å²) in [4.78, 5) is 46.2. The Hall–Kier alpha value is -2.44. The van der Waals surface area contributed by atoms with E-state index in [1.807, 2.05) is 25.9 Å². The number of cyclic esters (lactones) is 1. The van der Waals surface area contributed by atoms with Gasteiger partial charge in [0.1, 0.15) is 17.8 Å². The second-order valence-corrected chi connectivity index (χ2v) is 15.4. The number of nitrogens with zero attached hydrogens (tertiary/aromatic N) is 2. The van der Waals surface area contributed by atoms with E-state index in [1.54, 1.807) is 27.7 Å². The van der Waals surface area contributed by atoms with Gasteiger partial charge in [-0.2, -0.15) is 0 Å². The first-order chi connectivity index (χ1) is 24.6. The van der Waals surface area contributed by atoms with Crippen LogP contribution < -0.4 is 0 Å². The molecule has 16 heteroatoms. The molecule has 0 aromatic carbocycles. The zero-order valence-electron chi connectivity index (χ0n) is 33.9. The van der Waals surface area contributed by atoms with Crippen molar-refractivity contribution in [1.82, 2.24) is 4.90 Å². The van der Waals surface area contributed by atoms with Crippen LogP contribution >= 0.6 is 0 Å². The van der Waals surface area contributed by atoms with E-state index in [2.05, 4.69) is 5.16 Å². The Kier molecular flexibility index (Phi) is 18.0. The Morgan fingerprint density at radius 2 is 1.58 bits per heavy atom. The molecule has 0 bridgehead atoms. The van der Waals surface area contributed by atoms with Gasteiger partial charge in [0.15, 0.2) is 12.4 Å². The summed E-state index contributed by atoms with van der Waals surface area (Å²) < 4.78 is 40.8. The Balaban J connectivity index is 2.80. The van der Waals surface area contributed by atoms with Crippen molar-refractivity contribution in [1.29, 1.82) is 0 Å². The smallest absolute Gasteiger partial charge is 0.312 e. The van der Waals surface area contributed by atoms with Crippen LogP contribution in [0, 0.1) is 23.7 Å². The van der Waals surface area contributed by atoms with Crippen LogP contribution in [-0.2, 0) is 52.4 Å². The number of carbonyl (C=O) groups is 3. The van der Waals surface area contributed by atoms with Crippen molar-refractivity contribution in [2.45, 2.75) is 149 Å². The maximum absolute atomic E-state index is 13.9. The second kappa shape index (κ2) is 20.5. The van der Waals surface area contributed by atoms with Crippen LogP contribution in [0.5, 0.6) is 0 Å². The molecule has 53 heavy (non-hydrogen) atoms. The number of esters is 3. The van der Waals surface area contributed by atoms with E-state index < -0.39 is 89.6 Å². The Labute approximate surface area is 314 Å². The highest BCUT2D eigenvalue weighted by molar-refractivity contribution is 5.88. The van der Waals surface area contributed by atoms with Crippen LogP contribution in [0.2, 0.25) is 0 Å². The lowest BCUT2D eigenvalue weighted by atomic mass is 9.73. The maximum Gasteiger partial charge on any atom is 0.312 e. The van der Waals surface area contributed by atoms with E-state index in [0.29, 0.717) is 13.0 Å². The summed E-state index contributed by atoms with van der Waals surface area (Å²) in [5, 5.41) is 40.3. The van der Waals surface area contributed by atoms with Gasteiger partial charge in [0.25, 0.3) is 0 Å². The molecule has 0 aromatic heterocycles. The molecule has 0 saturated carbocycles. The summed E-state index contributed by atoms with van der Waals surface area (Å²) in [5.74, 6) is -5.60. The molecule has 0 spiro atoms. The van der Waals surface area contributed by atoms with Crippen molar-refractivity contribution in [3.8, 4) is 0 Å². The van der Waals surface area contributed by atoms with E-state index in [9.17, 15) is 29.7 Å². The zero-order chi connectivity index (χ0) is 40.4. The van der Waals surface area contributed by atoms with Gasteiger partial charge in [0.05, 0.1) is 54.8 Å². The average Bonchev–Trinajstić information content (AvgIpc) is 3.06. The molecule has 16 nitrogen and oxygen atoms in total. The van der Waals surface area contributed by atoms with Gasteiger partial charge in [-0.3, -0.25) is 14.4 Å². The third kappa shape index (κ3) is 12.5. The van der Waals surface area contributed by atoms with Crippen molar-refractivity contribution in [2.75, 3.05) is 41.2 Å². The first kappa shape index (κ1) is 46.7. The highest BCUT2D eigenvalue weighted by atomic mass is 16.7. The zero-order valence-corrected chi connectivity index (χ0v) is 33.9. The van der Waals surface area contributed by atoms with E-state index >= 15 is 0 Å². The van der Waals surface area contributed by atoms with Gasteiger partial charge in [-0.25, -0.2) is 0 Å². The van der Waals surface area contributed by atoms with Gasteiger partial charge in [0, 0.05) is 38.7 Å². The number of likely N-dealkylation sites (N-methyl/N-ethyl adjacent to an activating group) is 1. The summed E-state index contributed by atoms with van der Waals surface area (Å²) in [6, 6.07) is -0.313. The number of hydrogen-bond acceptors (Lipinski definition) is 16. The number of oxime groups is 1. The van der Waals surface area contributed by atoms with Crippen molar-refractivity contribution < 1.29 is 67.7 Å². The minimum Gasteiger partial charge on any atom is -0.461 e. The number of rotatable bonds is 12. The molecule has 2 aliphatic heterocycles. The molecule has 2 rings (SSSR count). The summed E-state index contributed by atoms with van der Waals surface area (Å²) in [5.41, 5.74) is -3.49. The van der Waals surface area contributed by atoms with Gasteiger partial charge >= 0.3 is 17.9 Å². The molecule has 0 amide bonds. The van der Waals surface area contributed by atoms with E-state index in [-0.39, 0.29) is 44.1 Å².